The van der Waals surface area contributed by atoms with Gasteiger partial charge in [0.1, 0.15) is 0 Å². The highest BCUT2D eigenvalue weighted by molar-refractivity contribution is 7.20. The fraction of sp³-hybridized carbons (Fsp3) is 0.385. The predicted molar refractivity (Wildman–Crippen MR) is 69.4 cm³/mol. The van der Waals surface area contributed by atoms with Crippen molar-refractivity contribution in [3.63, 3.8) is 0 Å². The SMILES string of the molecule is O=C(c1nc2ccccc2s1)N1CCCCC1. The average molecular weight is 246 g/mol. The van der Waals surface area contributed by atoms with Gasteiger partial charge in [-0.25, -0.2) is 4.98 Å². The molecule has 0 spiro atoms. The lowest BCUT2D eigenvalue weighted by Crippen LogP contribution is -2.35. The fourth-order valence-electron chi connectivity index (χ4n) is 2.20. The van der Waals surface area contributed by atoms with Crippen LogP contribution in [0.1, 0.15) is 29.1 Å². The highest BCUT2D eigenvalue weighted by atomic mass is 32.1. The van der Waals surface area contributed by atoms with Crippen LogP contribution >= 0.6 is 11.3 Å². The van der Waals surface area contributed by atoms with E-state index in [-0.39, 0.29) is 5.91 Å². The molecule has 0 radical (unpaired) electrons. The zero-order chi connectivity index (χ0) is 11.7. The Morgan fingerprint density at radius 1 is 1.18 bits per heavy atom. The number of carbonyl (C=O) groups excluding carboxylic acids is 1. The van der Waals surface area contributed by atoms with E-state index in [1.165, 1.54) is 17.8 Å². The number of para-hydroxylation sites is 1. The van der Waals surface area contributed by atoms with Gasteiger partial charge >= 0.3 is 0 Å². The summed E-state index contributed by atoms with van der Waals surface area (Å²) in [6.45, 7) is 1.77. The molecule has 2 heterocycles. The van der Waals surface area contributed by atoms with E-state index in [0.29, 0.717) is 5.01 Å². The van der Waals surface area contributed by atoms with Gasteiger partial charge in [0.05, 0.1) is 10.2 Å². The Bertz CT molecular complexity index is 510. The average Bonchev–Trinajstić information content (AvgIpc) is 2.82. The molecule has 4 heteroatoms. The van der Waals surface area contributed by atoms with Gasteiger partial charge in [0, 0.05) is 13.1 Å². The Labute approximate surface area is 104 Å². The summed E-state index contributed by atoms with van der Waals surface area (Å²) in [5.74, 6) is 0.103. The van der Waals surface area contributed by atoms with E-state index in [9.17, 15) is 4.79 Å². The quantitative estimate of drug-likeness (QED) is 0.775. The number of likely N-dealkylation sites (tertiary alicyclic amines) is 1. The van der Waals surface area contributed by atoms with Gasteiger partial charge in [-0.2, -0.15) is 0 Å². The van der Waals surface area contributed by atoms with Gasteiger partial charge in [-0.15, -0.1) is 11.3 Å². The number of nitrogens with zero attached hydrogens (tertiary/aromatic N) is 2. The molecule has 3 nitrogen and oxygen atoms in total. The molecule has 0 unspecified atom stereocenters. The molecule has 1 fully saturated rings. The maximum atomic E-state index is 12.2. The summed E-state index contributed by atoms with van der Waals surface area (Å²) in [6.07, 6.45) is 3.48. The van der Waals surface area contributed by atoms with Gasteiger partial charge < -0.3 is 4.90 Å². The van der Waals surface area contributed by atoms with Crippen LogP contribution < -0.4 is 0 Å². The minimum atomic E-state index is 0.103. The maximum absolute atomic E-state index is 12.2. The smallest absolute Gasteiger partial charge is 0.282 e. The zero-order valence-electron chi connectivity index (χ0n) is 9.56. The maximum Gasteiger partial charge on any atom is 0.282 e. The number of benzene rings is 1. The van der Waals surface area contributed by atoms with Crippen LogP contribution in [-0.4, -0.2) is 28.9 Å². The van der Waals surface area contributed by atoms with Crippen molar-refractivity contribution in [3.8, 4) is 0 Å². The lowest BCUT2D eigenvalue weighted by molar-refractivity contribution is 0.0724. The molecule has 88 valence electrons. The molecule has 3 rings (SSSR count). The van der Waals surface area contributed by atoms with Crippen molar-refractivity contribution >= 4 is 27.5 Å². The Kier molecular flexibility index (Phi) is 2.81. The third-order valence-electron chi connectivity index (χ3n) is 3.12. The number of carbonyl (C=O) groups is 1. The van der Waals surface area contributed by atoms with E-state index in [4.69, 9.17) is 0 Å². The zero-order valence-corrected chi connectivity index (χ0v) is 10.4. The molecule has 1 aliphatic heterocycles. The van der Waals surface area contributed by atoms with E-state index >= 15 is 0 Å². The monoisotopic (exact) mass is 246 g/mol. The molecule has 1 aliphatic rings. The number of thiazole rings is 1. The van der Waals surface area contributed by atoms with Crippen molar-refractivity contribution in [1.29, 1.82) is 0 Å². The van der Waals surface area contributed by atoms with Gasteiger partial charge in [-0.05, 0) is 31.4 Å². The molecule has 0 bridgehead atoms. The summed E-state index contributed by atoms with van der Waals surface area (Å²) < 4.78 is 1.09. The number of fused-ring (bicyclic) bond motifs is 1. The van der Waals surface area contributed by atoms with Crippen LogP contribution in [0.5, 0.6) is 0 Å². The summed E-state index contributed by atoms with van der Waals surface area (Å²) in [5.41, 5.74) is 0.929. The van der Waals surface area contributed by atoms with E-state index < -0.39 is 0 Å². The van der Waals surface area contributed by atoms with Crippen molar-refractivity contribution in [2.24, 2.45) is 0 Å². The third-order valence-corrected chi connectivity index (χ3v) is 4.14. The van der Waals surface area contributed by atoms with Gasteiger partial charge in [0.2, 0.25) is 0 Å². The van der Waals surface area contributed by atoms with E-state index in [0.717, 1.165) is 36.1 Å². The van der Waals surface area contributed by atoms with Crippen molar-refractivity contribution in [2.45, 2.75) is 19.3 Å². The molecule has 1 aromatic carbocycles. The molecule has 0 aliphatic carbocycles. The Balaban J connectivity index is 1.89. The Hall–Kier alpha value is -1.42. The van der Waals surface area contributed by atoms with Gasteiger partial charge in [0.15, 0.2) is 5.01 Å². The first kappa shape index (κ1) is 10.7. The molecule has 0 N–H and O–H groups in total. The van der Waals surface area contributed by atoms with Crippen molar-refractivity contribution in [3.05, 3.63) is 29.3 Å². The predicted octanol–water partition coefficient (Wildman–Crippen LogP) is 2.92. The molecule has 1 aromatic heterocycles. The molecule has 17 heavy (non-hydrogen) atoms. The van der Waals surface area contributed by atoms with Gasteiger partial charge in [-0.1, -0.05) is 12.1 Å². The Morgan fingerprint density at radius 2 is 1.94 bits per heavy atom. The van der Waals surface area contributed by atoms with Crippen molar-refractivity contribution < 1.29 is 4.79 Å². The number of amides is 1. The summed E-state index contributed by atoms with van der Waals surface area (Å²) >= 11 is 1.50. The Morgan fingerprint density at radius 3 is 2.71 bits per heavy atom. The van der Waals surface area contributed by atoms with E-state index in [2.05, 4.69) is 4.98 Å². The molecule has 0 atom stereocenters. The minimum absolute atomic E-state index is 0.103. The van der Waals surface area contributed by atoms with Gasteiger partial charge in [0.25, 0.3) is 5.91 Å². The topological polar surface area (TPSA) is 33.2 Å². The second-order valence-electron chi connectivity index (χ2n) is 4.34. The molecule has 1 amide bonds. The van der Waals surface area contributed by atoms with E-state index in [1.54, 1.807) is 0 Å². The first-order valence-electron chi connectivity index (χ1n) is 5.99. The summed E-state index contributed by atoms with van der Waals surface area (Å²) in [4.78, 5) is 18.6. The van der Waals surface area contributed by atoms with Crippen molar-refractivity contribution in [1.82, 2.24) is 9.88 Å². The molecule has 0 saturated carbocycles. The van der Waals surface area contributed by atoms with Crippen molar-refractivity contribution in [2.75, 3.05) is 13.1 Å². The first-order valence-corrected chi connectivity index (χ1v) is 6.81. The summed E-state index contributed by atoms with van der Waals surface area (Å²) in [6, 6.07) is 7.91. The normalized spacial score (nSPS) is 16.4. The van der Waals surface area contributed by atoms with Crippen LogP contribution in [-0.2, 0) is 0 Å². The standard InChI is InChI=1S/C13H14N2OS/c16-13(15-8-4-1-5-9-15)12-14-10-6-2-3-7-11(10)17-12/h2-3,6-7H,1,4-5,8-9H2. The number of piperidine rings is 1. The molecular weight excluding hydrogens is 232 g/mol. The number of rotatable bonds is 1. The molecule has 2 aromatic rings. The van der Waals surface area contributed by atoms with Gasteiger partial charge in [-0.3, -0.25) is 4.79 Å². The highest BCUT2D eigenvalue weighted by Crippen LogP contribution is 2.23. The lowest BCUT2D eigenvalue weighted by atomic mass is 10.1. The fourth-order valence-corrected chi connectivity index (χ4v) is 3.13. The number of hydrogen-bond acceptors (Lipinski definition) is 3. The molecular formula is C13H14N2OS. The number of aromatic nitrogens is 1. The van der Waals surface area contributed by atoms with Crippen LogP contribution in [0.15, 0.2) is 24.3 Å². The first-order chi connectivity index (χ1) is 8.34. The van der Waals surface area contributed by atoms with Crippen LogP contribution in [0.4, 0.5) is 0 Å². The molecule has 1 saturated heterocycles. The van der Waals surface area contributed by atoms with Crippen LogP contribution in [0.3, 0.4) is 0 Å². The highest BCUT2D eigenvalue weighted by Gasteiger charge is 2.21. The number of hydrogen-bond donors (Lipinski definition) is 0. The largest absolute Gasteiger partial charge is 0.337 e. The van der Waals surface area contributed by atoms with Crippen LogP contribution in [0.25, 0.3) is 10.2 Å². The second-order valence-corrected chi connectivity index (χ2v) is 5.37. The minimum Gasteiger partial charge on any atom is -0.337 e. The summed E-state index contributed by atoms with van der Waals surface area (Å²) in [7, 11) is 0. The van der Waals surface area contributed by atoms with Crippen LogP contribution in [0, 0.1) is 0 Å². The summed E-state index contributed by atoms with van der Waals surface area (Å²) in [5, 5.41) is 0.633. The third kappa shape index (κ3) is 2.05. The van der Waals surface area contributed by atoms with Crippen LogP contribution in [0.2, 0.25) is 0 Å². The lowest BCUT2D eigenvalue weighted by Gasteiger charge is -2.25. The van der Waals surface area contributed by atoms with E-state index in [1.807, 2.05) is 29.2 Å². The second kappa shape index (κ2) is 4.45.